The van der Waals surface area contributed by atoms with Gasteiger partial charge in [0.1, 0.15) is 12.1 Å². The van der Waals surface area contributed by atoms with Crippen molar-refractivity contribution in [2.75, 3.05) is 0 Å². The van der Waals surface area contributed by atoms with Crippen LogP contribution in [0.2, 0.25) is 0 Å². The van der Waals surface area contributed by atoms with Crippen molar-refractivity contribution < 1.29 is 19.2 Å². The van der Waals surface area contributed by atoms with Crippen molar-refractivity contribution in [2.45, 2.75) is 39.8 Å². The van der Waals surface area contributed by atoms with E-state index in [1.54, 1.807) is 0 Å². The zero-order chi connectivity index (χ0) is 12.6. The first-order valence-corrected chi connectivity index (χ1v) is 4.96. The van der Waals surface area contributed by atoms with Gasteiger partial charge in [-0.25, -0.2) is 0 Å². The number of nitrogens with zero attached hydrogens (tertiary/aromatic N) is 2. The third-order valence-corrected chi connectivity index (χ3v) is 2.64. The van der Waals surface area contributed by atoms with E-state index in [0.29, 0.717) is 0 Å². The highest BCUT2D eigenvalue weighted by atomic mass is 16.2. The van der Waals surface area contributed by atoms with Crippen molar-refractivity contribution in [3.63, 3.8) is 0 Å². The molecule has 88 valence electrons. The van der Waals surface area contributed by atoms with E-state index < -0.39 is 35.7 Å². The van der Waals surface area contributed by atoms with Crippen molar-refractivity contribution >= 4 is 23.6 Å². The fourth-order valence-electron chi connectivity index (χ4n) is 1.86. The van der Waals surface area contributed by atoms with Gasteiger partial charge >= 0.3 is 0 Å². The third-order valence-electron chi connectivity index (χ3n) is 2.64. The Morgan fingerprint density at radius 1 is 0.875 bits per heavy atom. The molecule has 0 aromatic carbocycles. The first-order chi connectivity index (χ1) is 7.29. The van der Waals surface area contributed by atoms with Gasteiger partial charge in [-0.1, -0.05) is 0 Å². The Bertz CT molecular complexity index is 341. The van der Waals surface area contributed by atoms with E-state index in [-0.39, 0.29) is 0 Å². The second-order valence-corrected chi connectivity index (χ2v) is 3.81. The maximum Gasteiger partial charge on any atom is 0.252 e. The van der Waals surface area contributed by atoms with Crippen molar-refractivity contribution in [1.82, 2.24) is 9.80 Å². The summed E-state index contributed by atoms with van der Waals surface area (Å²) in [5, 5.41) is 0. The summed E-state index contributed by atoms with van der Waals surface area (Å²) >= 11 is 0. The molecule has 4 amide bonds. The van der Waals surface area contributed by atoms with Gasteiger partial charge in [-0.3, -0.25) is 29.0 Å². The van der Waals surface area contributed by atoms with Gasteiger partial charge in [0.05, 0.1) is 0 Å². The molecule has 0 aromatic heterocycles. The minimum Gasteiger partial charge on any atom is -0.275 e. The maximum atomic E-state index is 11.8. The lowest BCUT2D eigenvalue weighted by Gasteiger charge is -2.39. The molecule has 6 heteroatoms. The largest absolute Gasteiger partial charge is 0.275 e. The number of amides is 4. The van der Waals surface area contributed by atoms with Crippen LogP contribution in [0.5, 0.6) is 0 Å². The van der Waals surface area contributed by atoms with Crippen LogP contribution in [-0.2, 0) is 19.2 Å². The fraction of sp³-hybridized carbons (Fsp3) is 0.600. The molecule has 1 aliphatic heterocycles. The molecule has 0 bridgehead atoms. The summed E-state index contributed by atoms with van der Waals surface area (Å²) in [6.45, 7) is 5.31. The van der Waals surface area contributed by atoms with E-state index in [4.69, 9.17) is 0 Å². The van der Waals surface area contributed by atoms with Crippen molar-refractivity contribution in [3.05, 3.63) is 0 Å². The molecule has 0 N–H and O–H groups in total. The quantitative estimate of drug-likeness (QED) is 0.559. The summed E-state index contributed by atoms with van der Waals surface area (Å²) < 4.78 is 0. The Hall–Kier alpha value is -1.72. The molecule has 0 aliphatic carbocycles. The van der Waals surface area contributed by atoms with Crippen LogP contribution in [0.1, 0.15) is 27.7 Å². The number of piperazine rings is 1. The standard InChI is InChI=1S/C10H14N2O4/c1-5-9(15)12(8(4)14)6(2)10(16)11(5)7(3)13/h5-6H,1-4H3/t5-,6?/m0/s1. The van der Waals surface area contributed by atoms with Crippen LogP contribution in [-0.4, -0.2) is 45.5 Å². The molecule has 1 fully saturated rings. The fourth-order valence-corrected chi connectivity index (χ4v) is 1.86. The van der Waals surface area contributed by atoms with Gasteiger partial charge in [-0.15, -0.1) is 0 Å². The minimum absolute atomic E-state index is 0.485. The molecule has 1 rings (SSSR count). The summed E-state index contributed by atoms with van der Waals surface area (Å²) in [6, 6.07) is -1.82. The molecule has 0 saturated carbocycles. The van der Waals surface area contributed by atoms with Crippen LogP contribution in [0, 0.1) is 0 Å². The van der Waals surface area contributed by atoms with Gasteiger partial charge in [-0.2, -0.15) is 0 Å². The third kappa shape index (κ3) is 1.70. The molecule has 0 radical (unpaired) electrons. The van der Waals surface area contributed by atoms with E-state index in [1.807, 2.05) is 0 Å². The molecular formula is C10H14N2O4. The molecule has 0 aromatic rings. The Morgan fingerprint density at radius 3 is 1.31 bits per heavy atom. The summed E-state index contributed by atoms with van der Waals surface area (Å²) in [4.78, 5) is 47.9. The SMILES string of the molecule is CC(=O)N1C(=O)[C@H](C)N(C(C)=O)C(=O)C1C. The smallest absolute Gasteiger partial charge is 0.252 e. The summed E-state index contributed by atoms with van der Waals surface area (Å²) in [5.41, 5.74) is 0. The van der Waals surface area contributed by atoms with E-state index in [9.17, 15) is 19.2 Å². The maximum absolute atomic E-state index is 11.8. The Kier molecular flexibility index (Phi) is 3.11. The Balaban J connectivity index is 3.14. The highest BCUT2D eigenvalue weighted by Crippen LogP contribution is 2.18. The minimum atomic E-state index is -0.912. The van der Waals surface area contributed by atoms with Crippen molar-refractivity contribution in [2.24, 2.45) is 0 Å². The topological polar surface area (TPSA) is 74.8 Å². The van der Waals surface area contributed by atoms with E-state index in [1.165, 1.54) is 27.7 Å². The van der Waals surface area contributed by atoms with Crippen LogP contribution in [0.15, 0.2) is 0 Å². The predicted octanol–water partition coefficient (Wildman–Crippen LogP) is -0.473. The van der Waals surface area contributed by atoms with Crippen LogP contribution in [0.25, 0.3) is 0 Å². The lowest BCUT2D eigenvalue weighted by molar-refractivity contribution is -0.169. The lowest BCUT2D eigenvalue weighted by atomic mass is 10.1. The summed E-state index contributed by atoms with van der Waals surface area (Å²) in [6.07, 6.45) is 0. The predicted molar refractivity (Wildman–Crippen MR) is 54.0 cm³/mol. The molecule has 1 unspecified atom stereocenters. The molecular weight excluding hydrogens is 212 g/mol. The molecule has 1 saturated heterocycles. The second-order valence-electron chi connectivity index (χ2n) is 3.81. The summed E-state index contributed by atoms with van der Waals surface area (Å²) in [7, 11) is 0. The lowest BCUT2D eigenvalue weighted by Crippen LogP contribution is -2.65. The number of imide groups is 2. The second kappa shape index (κ2) is 4.03. The van der Waals surface area contributed by atoms with Crippen molar-refractivity contribution in [3.8, 4) is 0 Å². The van der Waals surface area contributed by atoms with E-state index in [0.717, 1.165) is 9.80 Å². The van der Waals surface area contributed by atoms with Gasteiger partial charge in [0.25, 0.3) is 11.8 Å². The van der Waals surface area contributed by atoms with E-state index in [2.05, 4.69) is 0 Å². The zero-order valence-electron chi connectivity index (χ0n) is 9.68. The molecule has 1 heterocycles. The molecule has 16 heavy (non-hydrogen) atoms. The molecule has 0 spiro atoms. The van der Waals surface area contributed by atoms with Gasteiger partial charge in [0.2, 0.25) is 11.8 Å². The normalized spacial score (nSPS) is 26.0. The average molecular weight is 226 g/mol. The first kappa shape index (κ1) is 12.4. The monoisotopic (exact) mass is 226 g/mol. The number of carbonyl (C=O) groups excluding carboxylic acids is 4. The average Bonchev–Trinajstić information content (AvgIpc) is 2.14. The molecule has 2 atom stereocenters. The van der Waals surface area contributed by atoms with Crippen LogP contribution in [0.3, 0.4) is 0 Å². The molecule has 1 aliphatic rings. The van der Waals surface area contributed by atoms with Gasteiger partial charge in [0.15, 0.2) is 0 Å². The summed E-state index contributed by atoms with van der Waals surface area (Å²) in [5.74, 6) is -2.01. The van der Waals surface area contributed by atoms with Crippen LogP contribution >= 0.6 is 0 Å². The first-order valence-electron chi connectivity index (χ1n) is 4.96. The highest BCUT2D eigenvalue weighted by molar-refractivity contribution is 6.10. The number of rotatable bonds is 0. The van der Waals surface area contributed by atoms with Gasteiger partial charge in [0, 0.05) is 13.8 Å². The van der Waals surface area contributed by atoms with Gasteiger partial charge < -0.3 is 0 Å². The number of hydrogen-bond acceptors (Lipinski definition) is 4. The van der Waals surface area contributed by atoms with Crippen LogP contribution < -0.4 is 0 Å². The van der Waals surface area contributed by atoms with E-state index >= 15 is 0 Å². The molecule has 6 nitrogen and oxygen atoms in total. The zero-order valence-corrected chi connectivity index (χ0v) is 9.68. The Morgan fingerprint density at radius 2 is 1.12 bits per heavy atom. The van der Waals surface area contributed by atoms with Gasteiger partial charge in [-0.05, 0) is 13.8 Å². The highest BCUT2D eigenvalue weighted by Gasteiger charge is 2.45. The number of hydrogen-bond donors (Lipinski definition) is 0. The number of carbonyl (C=O) groups is 4. The Labute approximate surface area is 93.2 Å². The van der Waals surface area contributed by atoms with Crippen molar-refractivity contribution in [1.29, 1.82) is 0 Å². The van der Waals surface area contributed by atoms with Crippen LogP contribution in [0.4, 0.5) is 0 Å².